The smallest absolute Gasteiger partial charge is 0.302 e. The summed E-state index contributed by atoms with van der Waals surface area (Å²) < 4.78 is 4.86. The minimum Gasteiger partial charge on any atom is -0.466 e. The third-order valence-corrected chi connectivity index (χ3v) is 2.23. The predicted octanol–water partition coefficient (Wildman–Crippen LogP) is 4.19. The fraction of sp³-hybridized carbons (Fsp3) is 0.533. The van der Waals surface area contributed by atoms with Gasteiger partial charge in [-0.25, -0.2) is 0 Å². The van der Waals surface area contributed by atoms with Gasteiger partial charge in [-0.05, 0) is 26.2 Å². The molecule has 0 unspecified atom stereocenters. The Morgan fingerprint density at radius 1 is 1.00 bits per heavy atom. The Morgan fingerprint density at radius 2 is 1.71 bits per heavy atom. The van der Waals surface area contributed by atoms with E-state index in [1.54, 1.807) is 0 Å². The first-order chi connectivity index (χ1) is 8.27. The fourth-order valence-electron chi connectivity index (χ4n) is 1.35. The van der Waals surface area contributed by atoms with Gasteiger partial charge in [-0.15, -0.1) is 0 Å². The second-order valence-corrected chi connectivity index (χ2v) is 3.88. The highest BCUT2D eigenvalue weighted by Crippen LogP contribution is 2.04. The summed E-state index contributed by atoms with van der Waals surface area (Å²) in [5.74, 6) is -0.180. The molecule has 0 radical (unpaired) electrons. The average Bonchev–Trinajstić information content (AvgIpc) is 2.30. The molecule has 0 aliphatic rings. The Balaban J connectivity index is 3.20. The van der Waals surface area contributed by atoms with Crippen LogP contribution in [0, 0.1) is 0 Å². The molecule has 0 rings (SSSR count). The number of unbranched alkanes of at least 4 members (excludes halogenated alkanes) is 4. The van der Waals surface area contributed by atoms with Gasteiger partial charge in [0, 0.05) is 6.92 Å². The number of hydrogen-bond acceptors (Lipinski definition) is 2. The van der Waals surface area contributed by atoms with Crippen LogP contribution in [0.15, 0.2) is 36.5 Å². The van der Waals surface area contributed by atoms with E-state index in [0.29, 0.717) is 6.61 Å². The van der Waals surface area contributed by atoms with Crippen molar-refractivity contribution in [2.24, 2.45) is 0 Å². The van der Waals surface area contributed by atoms with Crippen molar-refractivity contribution < 1.29 is 9.53 Å². The fourth-order valence-corrected chi connectivity index (χ4v) is 1.35. The van der Waals surface area contributed by atoms with Crippen LogP contribution in [-0.2, 0) is 9.53 Å². The van der Waals surface area contributed by atoms with Gasteiger partial charge >= 0.3 is 5.97 Å². The molecule has 0 aromatic carbocycles. The third-order valence-electron chi connectivity index (χ3n) is 2.23. The van der Waals surface area contributed by atoms with Crippen molar-refractivity contribution in [2.75, 3.05) is 6.61 Å². The second kappa shape index (κ2) is 12.8. The maximum Gasteiger partial charge on any atom is 0.302 e. The van der Waals surface area contributed by atoms with Crippen molar-refractivity contribution in [3.63, 3.8) is 0 Å². The van der Waals surface area contributed by atoms with Crippen molar-refractivity contribution in [2.45, 2.75) is 46.0 Å². The molecule has 0 fully saturated rings. The standard InChI is InChI=1S/C15H24O2/c1-3-4-5-6-7-8-9-10-11-12-13-14-17-15(2)16/h3-8H,9-14H2,1-2H3/b4-3+,6-5-,8-7+. The summed E-state index contributed by atoms with van der Waals surface area (Å²) >= 11 is 0. The summed E-state index contributed by atoms with van der Waals surface area (Å²) in [5, 5.41) is 0. The first kappa shape index (κ1) is 15.7. The molecule has 17 heavy (non-hydrogen) atoms. The molecule has 0 aromatic rings. The van der Waals surface area contributed by atoms with Gasteiger partial charge in [0.2, 0.25) is 0 Å². The molecule has 2 nitrogen and oxygen atoms in total. The lowest BCUT2D eigenvalue weighted by molar-refractivity contribution is -0.141. The number of allylic oxidation sites excluding steroid dienone is 6. The van der Waals surface area contributed by atoms with E-state index in [1.807, 2.05) is 31.2 Å². The van der Waals surface area contributed by atoms with Crippen molar-refractivity contribution in [3.05, 3.63) is 36.5 Å². The molecule has 2 heteroatoms. The minimum atomic E-state index is -0.180. The Labute approximate surface area is 105 Å². The Hall–Kier alpha value is -1.31. The van der Waals surface area contributed by atoms with Crippen LogP contribution < -0.4 is 0 Å². The highest BCUT2D eigenvalue weighted by Gasteiger charge is 1.92. The molecule has 0 aliphatic heterocycles. The van der Waals surface area contributed by atoms with Gasteiger partial charge in [-0.1, -0.05) is 49.3 Å². The Bertz CT molecular complexity index is 262. The van der Waals surface area contributed by atoms with E-state index in [2.05, 4.69) is 12.2 Å². The van der Waals surface area contributed by atoms with Gasteiger partial charge in [0.1, 0.15) is 0 Å². The lowest BCUT2D eigenvalue weighted by Gasteiger charge is -2.00. The van der Waals surface area contributed by atoms with E-state index in [-0.39, 0.29) is 5.97 Å². The molecular formula is C15H24O2. The molecule has 0 bridgehead atoms. The van der Waals surface area contributed by atoms with Crippen LogP contribution in [0.1, 0.15) is 46.0 Å². The van der Waals surface area contributed by atoms with E-state index in [0.717, 1.165) is 19.3 Å². The van der Waals surface area contributed by atoms with E-state index in [9.17, 15) is 4.79 Å². The van der Waals surface area contributed by atoms with Gasteiger partial charge in [0.05, 0.1) is 6.61 Å². The van der Waals surface area contributed by atoms with E-state index in [1.165, 1.54) is 19.8 Å². The molecule has 0 N–H and O–H groups in total. The monoisotopic (exact) mass is 236 g/mol. The number of rotatable bonds is 9. The van der Waals surface area contributed by atoms with E-state index >= 15 is 0 Å². The zero-order valence-electron chi connectivity index (χ0n) is 11.0. The summed E-state index contributed by atoms with van der Waals surface area (Å²) in [6.07, 6.45) is 18.0. The van der Waals surface area contributed by atoms with Crippen LogP contribution >= 0.6 is 0 Å². The first-order valence-corrected chi connectivity index (χ1v) is 6.35. The maximum absolute atomic E-state index is 10.5. The lowest BCUT2D eigenvalue weighted by Crippen LogP contribution is -1.99. The molecule has 96 valence electrons. The Kier molecular flexibility index (Phi) is 11.8. The lowest BCUT2D eigenvalue weighted by atomic mass is 10.1. The van der Waals surface area contributed by atoms with Crippen molar-refractivity contribution >= 4 is 5.97 Å². The summed E-state index contributed by atoms with van der Waals surface area (Å²) in [6, 6.07) is 0. The maximum atomic E-state index is 10.5. The summed E-state index contributed by atoms with van der Waals surface area (Å²) in [4.78, 5) is 10.5. The van der Waals surface area contributed by atoms with Crippen LogP contribution in [0.2, 0.25) is 0 Å². The topological polar surface area (TPSA) is 26.3 Å². The molecule has 0 saturated carbocycles. The average molecular weight is 236 g/mol. The first-order valence-electron chi connectivity index (χ1n) is 6.35. The van der Waals surface area contributed by atoms with Crippen LogP contribution in [0.25, 0.3) is 0 Å². The van der Waals surface area contributed by atoms with Crippen LogP contribution in [-0.4, -0.2) is 12.6 Å². The molecule has 0 spiro atoms. The highest BCUT2D eigenvalue weighted by molar-refractivity contribution is 5.65. The number of hydrogen-bond donors (Lipinski definition) is 0. The third kappa shape index (κ3) is 14.7. The summed E-state index contributed by atoms with van der Waals surface area (Å²) in [6.45, 7) is 4.02. The van der Waals surface area contributed by atoms with Gasteiger partial charge < -0.3 is 4.74 Å². The molecule has 0 atom stereocenters. The number of carbonyl (C=O) groups excluding carboxylic acids is 1. The van der Waals surface area contributed by atoms with Crippen molar-refractivity contribution in [1.29, 1.82) is 0 Å². The molecule has 0 amide bonds. The van der Waals surface area contributed by atoms with Crippen LogP contribution in [0.5, 0.6) is 0 Å². The molecular weight excluding hydrogens is 212 g/mol. The summed E-state index contributed by atoms with van der Waals surface area (Å²) in [5.41, 5.74) is 0. The van der Waals surface area contributed by atoms with Gasteiger partial charge in [-0.2, -0.15) is 0 Å². The summed E-state index contributed by atoms with van der Waals surface area (Å²) in [7, 11) is 0. The number of esters is 1. The second-order valence-electron chi connectivity index (χ2n) is 3.88. The SMILES string of the molecule is C/C=C/C=C\C=C\CCCCCCOC(C)=O. The predicted molar refractivity (Wildman–Crippen MR) is 72.8 cm³/mol. The number of carbonyl (C=O) groups is 1. The van der Waals surface area contributed by atoms with Crippen molar-refractivity contribution in [3.8, 4) is 0 Å². The molecule has 0 aliphatic carbocycles. The highest BCUT2D eigenvalue weighted by atomic mass is 16.5. The van der Waals surface area contributed by atoms with Crippen molar-refractivity contribution in [1.82, 2.24) is 0 Å². The zero-order chi connectivity index (χ0) is 12.8. The van der Waals surface area contributed by atoms with E-state index < -0.39 is 0 Å². The minimum absolute atomic E-state index is 0.180. The Morgan fingerprint density at radius 3 is 2.41 bits per heavy atom. The molecule has 0 aromatic heterocycles. The van der Waals surface area contributed by atoms with Gasteiger partial charge in [-0.3, -0.25) is 4.79 Å². The zero-order valence-corrected chi connectivity index (χ0v) is 11.0. The quantitative estimate of drug-likeness (QED) is 0.341. The normalized spacial score (nSPS) is 11.9. The van der Waals surface area contributed by atoms with E-state index in [4.69, 9.17) is 4.74 Å². The van der Waals surface area contributed by atoms with Crippen LogP contribution in [0.4, 0.5) is 0 Å². The number of ether oxygens (including phenoxy) is 1. The largest absolute Gasteiger partial charge is 0.466 e. The van der Waals surface area contributed by atoms with Gasteiger partial charge in [0.15, 0.2) is 0 Å². The van der Waals surface area contributed by atoms with Gasteiger partial charge in [0.25, 0.3) is 0 Å². The van der Waals surface area contributed by atoms with Crippen LogP contribution in [0.3, 0.4) is 0 Å². The molecule has 0 saturated heterocycles. The molecule has 0 heterocycles.